The fourth-order valence-electron chi connectivity index (χ4n) is 1.78. The Morgan fingerprint density at radius 3 is 2.69 bits per heavy atom. The first-order chi connectivity index (χ1) is 7.49. The number of hydrogen-bond acceptors (Lipinski definition) is 2. The summed E-state index contributed by atoms with van der Waals surface area (Å²) in [5, 5.41) is 10.9. The number of nitrogens with one attached hydrogen (secondary N) is 1. The zero-order chi connectivity index (χ0) is 11.9. The highest BCUT2D eigenvalue weighted by Crippen LogP contribution is 2.22. The minimum absolute atomic E-state index is 0.257. The number of aliphatic hydroxyl groups excluding tert-OH is 1. The van der Waals surface area contributed by atoms with E-state index >= 15 is 0 Å². The van der Waals surface area contributed by atoms with Crippen molar-refractivity contribution in [2.75, 3.05) is 0 Å². The summed E-state index contributed by atoms with van der Waals surface area (Å²) in [4.78, 5) is 14.4. The highest BCUT2D eigenvalue weighted by Gasteiger charge is 2.09. The molecule has 1 atom stereocenters. The third-order valence-electron chi connectivity index (χ3n) is 2.59. The molecule has 0 aliphatic rings. The van der Waals surface area contributed by atoms with E-state index in [0.29, 0.717) is 10.6 Å². The third-order valence-corrected chi connectivity index (χ3v) is 2.81. The van der Waals surface area contributed by atoms with Crippen molar-refractivity contribution in [2.45, 2.75) is 20.0 Å². The van der Waals surface area contributed by atoms with Crippen molar-refractivity contribution in [3.8, 4) is 0 Å². The summed E-state index contributed by atoms with van der Waals surface area (Å²) in [6.45, 7) is 3.44. The first kappa shape index (κ1) is 11.2. The molecular formula is C12H12ClNO2. The predicted octanol–water partition coefficient (Wildman–Crippen LogP) is 2.54. The molecule has 3 nitrogen and oxygen atoms in total. The molecule has 0 radical (unpaired) electrons. The smallest absolute Gasteiger partial charge is 0.254 e. The third kappa shape index (κ3) is 1.84. The lowest BCUT2D eigenvalue weighted by Gasteiger charge is -2.07. The molecule has 0 saturated carbocycles. The van der Waals surface area contributed by atoms with Gasteiger partial charge in [-0.15, -0.1) is 0 Å². The van der Waals surface area contributed by atoms with E-state index in [0.717, 1.165) is 16.5 Å². The maximum atomic E-state index is 11.7. The Labute approximate surface area is 97.7 Å². The van der Waals surface area contributed by atoms with E-state index in [1.165, 1.54) is 0 Å². The molecule has 2 N–H and O–H groups in total. The van der Waals surface area contributed by atoms with Crippen LogP contribution in [0.3, 0.4) is 0 Å². The monoisotopic (exact) mass is 237 g/mol. The summed E-state index contributed by atoms with van der Waals surface area (Å²) in [5.74, 6) is 0. The van der Waals surface area contributed by atoms with Crippen LogP contribution in [0.1, 0.15) is 24.2 Å². The number of rotatable bonds is 1. The molecule has 4 heteroatoms. The van der Waals surface area contributed by atoms with Crippen LogP contribution < -0.4 is 5.56 Å². The number of aromatic nitrogens is 1. The van der Waals surface area contributed by atoms with Gasteiger partial charge in [-0.3, -0.25) is 4.79 Å². The van der Waals surface area contributed by atoms with Crippen molar-refractivity contribution >= 4 is 22.5 Å². The molecule has 84 valence electrons. The topological polar surface area (TPSA) is 53.1 Å². The lowest BCUT2D eigenvalue weighted by atomic mass is 10.1. The van der Waals surface area contributed by atoms with Crippen LogP contribution in [0.15, 0.2) is 23.0 Å². The molecule has 16 heavy (non-hydrogen) atoms. The van der Waals surface area contributed by atoms with Crippen LogP contribution >= 0.6 is 11.6 Å². The maximum absolute atomic E-state index is 11.7. The summed E-state index contributed by atoms with van der Waals surface area (Å²) < 4.78 is 0. The second kappa shape index (κ2) is 3.92. The molecule has 1 heterocycles. The molecule has 2 rings (SSSR count). The summed E-state index contributed by atoms with van der Waals surface area (Å²) in [6, 6.07) is 5.24. The SMILES string of the molecule is Cc1cc(Cl)cc2cc(C(C)O)c(=O)[nH]c12. The van der Waals surface area contributed by atoms with Gasteiger partial charge in [-0.25, -0.2) is 0 Å². The van der Waals surface area contributed by atoms with Gasteiger partial charge in [0.1, 0.15) is 0 Å². The number of hydrogen-bond donors (Lipinski definition) is 2. The average Bonchev–Trinajstić information content (AvgIpc) is 2.18. The fraction of sp³-hybridized carbons (Fsp3) is 0.250. The Bertz CT molecular complexity index is 602. The largest absolute Gasteiger partial charge is 0.388 e. The number of pyridine rings is 1. The number of H-pyrrole nitrogens is 1. The number of halogens is 1. The van der Waals surface area contributed by atoms with E-state index in [-0.39, 0.29) is 5.56 Å². The van der Waals surface area contributed by atoms with Crippen molar-refractivity contribution in [1.29, 1.82) is 0 Å². The van der Waals surface area contributed by atoms with Gasteiger partial charge in [0.15, 0.2) is 0 Å². The van der Waals surface area contributed by atoms with E-state index < -0.39 is 6.10 Å². The molecule has 1 aromatic carbocycles. The van der Waals surface area contributed by atoms with Crippen LogP contribution in [0, 0.1) is 6.92 Å². The minimum Gasteiger partial charge on any atom is -0.388 e. The molecule has 0 aliphatic heterocycles. The lowest BCUT2D eigenvalue weighted by molar-refractivity contribution is 0.198. The van der Waals surface area contributed by atoms with Gasteiger partial charge < -0.3 is 10.1 Å². The number of benzene rings is 1. The van der Waals surface area contributed by atoms with E-state index in [2.05, 4.69) is 4.98 Å². The Balaban J connectivity index is 2.85. The molecule has 0 fully saturated rings. The van der Waals surface area contributed by atoms with Crippen LogP contribution in [0.2, 0.25) is 5.02 Å². The van der Waals surface area contributed by atoms with Crippen LogP contribution in [-0.4, -0.2) is 10.1 Å². The van der Waals surface area contributed by atoms with Gasteiger partial charge in [-0.2, -0.15) is 0 Å². The molecule has 0 spiro atoms. The highest BCUT2D eigenvalue weighted by molar-refractivity contribution is 6.31. The van der Waals surface area contributed by atoms with Crippen LogP contribution in [0.25, 0.3) is 10.9 Å². The van der Waals surface area contributed by atoms with Gasteiger partial charge in [0, 0.05) is 16.0 Å². The number of aryl methyl sites for hydroxylation is 1. The van der Waals surface area contributed by atoms with Crippen LogP contribution in [0.4, 0.5) is 0 Å². The molecule has 0 saturated heterocycles. The molecular weight excluding hydrogens is 226 g/mol. The fourth-order valence-corrected chi connectivity index (χ4v) is 2.06. The Morgan fingerprint density at radius 1 is 1.38 bits per heavy atom. The van der Waals surface area contributed by atoms with Crippen LogP contribution in [0.5, 0.6) is 0 Å². The molecule has 1 aromatic heterocycles. The van der Waals surface area contributed by atoms with Gasteiger partial charge in [0.05, 0.1) is 11.6 Å². The highest BCUT2D eigenvalue weighted by atomic mass is 35.5. The van der Waals surface area contributed by atoms with Crippen molar-refractivity contribution in [3.05, 3.63) is 44.7 Å². The quantitative estimate of drug-likeness (QED) is 0.801. The lowest BCUT2D eigenvalue weighted by Crippen LogP contribution is -2.14. The van der Waals surface area contributed by atoms with Gasteiger partial charge in [0.2, 0.25) is 0 Å². The molecule has 0 bridgehead atoms. The Morgan fingerprint density at radius 2 is 2.06 bits per heavy atom. The van der Waals surface area contributed by atoms with Gasteiger partial charge >= 0.3 is 0 Å². The first-order valence-corrected chi connectivity index (χ1v) is 5.38. The number of aliphatic hydroxyl groups is 1. The second-order valence-electron chi connectivity index (χ2n) is 3.92. The van der Waals surface area contributed by atoms with Crippen molar-refractivity contribution < 1.29 is 5.11 Å². The Hall–Kier alpha value is -1.32. The summed E-state index contributed by atoms with van der Waals surface area (Å²) in [7, 11) is 0. The summed E-state index contributed by atoms with van der Waals surface area (Å²) in [5.41, 5.74) is 1.78. The molecule has 2 aromatic rings. The zero-order valence-electron chi connectivity index (χ0n) is 9.04. The molecule has 0 aliphatic carbocycles. The summed E-state index contributed by atoms with van der Waals surface area (Å²) in [6.07, 6.45) is -0.785. The second-order valence-corrected chi connectivity index (χ2v) is 4.35. The molecule has 1 unspecified atom stereocenters. The van der Waals surface area contributed by atoms with Gasteiger partial charge in [0.25, 0.3) is 5.56 Å². The number of aromatic amines is 1. The van der Waals surface area contributed by atoms with Crippen LogP contribution in [-0.2, 0) is 0 Å². The maximum Gasteiger partial charge on any atom is 0.254 e. The first-order valence-electron chi connectivity index (χ1n) is 5.00. The van der Waals surface area contributed by atoms with E-state index in [1.807, 2.05) is 6.92 Å². The van der Waals surface area contributed by atoms with E-state index in [9.17, 15) is 9.90 Å². The zero-order valence-corrected chi connectivity index (χ0v) is 9.80. The van der Waals surface area contributed by atoms with Gasteiger partial charge in [-0.1, -0.05) is 11.6 Å². The van der Waals surface area contributed by atoms with Crippen molar-refractivity contribution in [1.82, 2.24) is 4.98 Å². The number of fused-ring (bicyclic) bond motifs is 1. The predicted molar refractivity (Wildman–Crippen MR) is 64.9 cm³/mol. The minimum atomic E-state index is -0.785. The summed E-state index contributed by atoms with van der Waals surface area (Å²) >= 11 is 5.94. The van der Waals surface area contributed by atoms with Crippen molar-refractivity contribution in [3.63, 3.8) is 0 Å². The van der Waals surface area contributed by atoms with Gasteiger partial charge in [-0.05, 0) is 37.6 Å². The van der Waals surface area contributed by atoms with E-state index in [1.54, 1.807) is 25.1 Å². The standard InChI is InChI=1S/C12H12ClNO2/c1-6-3-9(13)4-8-5-10(7(2)15)12(16)14-11(6)8/h3-5,7,15H,1-2H3,(H,14,16). The Kier molecular flexibility index (Phi) is 2.74. The molecule has 0 amide bonds. The normalized spacial score (nSPS) is 13.0. The van der Waals surface area contributed by atoms with E-state index in [4.69, 9.17) is 11.6 Å². The van der Waals surface area contributed by atoms with Crippen molar-refractivity contribution in [2.24, 2.45) is 0 Å². The average molecular weight is 238 g/mol.